The highest BCUT2D eigenvalue weighted by atomic mass is 32.2. The minimum atomic E-state index is -3.33. The first kappa shape index (κ1) is 14.8. The average molecular weight is 348 g/mol. The van der Waals surface area contributed by atoms with Gasteiger partial charge in [0.1, 0.15) is 4.21 Å². The largest absolute Gasteiger partial charge is 0.252 e. The highest BCUT2D eigenvalue weighted by Gasteiger charge is 2.31. The van der Waals surface area contributed by atoms with Gasteiger partial charge in [-0.05, 0) is 30.4 Å². The second-order valence-electron chi connectivity index (χ2n) is 5.60. The molecule has 1 saturated heterocycles. The molecule has 0 unspecified atom stereocenters. The molecule has 0 atom stereocenters. The van der Waals surface area contributed by atoms with E-state index in [0.717, 1.165) is 24.2 Å². The molecular formula is C15H16N4O2S2. The van der Waals surface area contributed by atoms with Crippen molar-refractivity contribution in [3.05, 3.63) is 47.7 Å². The predicted molar refractivity (Wildman–Crippen MR) is 88.0 cm³/mol. The van der Waals surface area contributed by atoms with Crippen molar-refractivity contribution < 1.29 is 8.42 Å². The van der Waals surface area contributed by atoms with Gasteiger partial charge in [-0.1, -0.05) is 6.07 Å². The van der Waals surface area contributed by atoms with Gasteiger partial charge in [0.2, 0.25) is 0 Å². The molecule has 1 aliphatic heterocycles. The molecule has 120 valence electrons. The maximum absolute atomic E-state index is 12.5. The third-order valence-electron chi connectivity index (χ3n) is 4.24. The average Bonchev–Trinajstić information content (AvgIpc) is 3.26. The minimum Gasteiger partial charge on any atom is -0.233 e. The molecule has 0 radical (unpaired) electrons. The fourth-order valence-corrected chi connectivity index (χ4v) is 5.60. The Morgan fingerprint density at radius 1 is 1.17 bits per heavy atom. The zero-order chi connectivity index (χ0) is 15.9. The molecule has 8 heteroatoms. The van der Waals surface area contributed by atoms with Crippen LogP contribution in [0.1, 0.15) is 24.5 Å². The molecule has 3 aromatic rings. The molecule has 1 fully saturated rings. The summed E-state index contributed by atoms with van der Waals surface area (Å²) >= 11 is 1.27. The number of hydrogen-bond acceptors (Lipinski definition) is 5. The SMILES string of the molecule is O=S(=O)(c1cccs1)N1CCC(c2ccn3nccc3n2)CC1. The summed E-state index contributed by atoms with van der Waals surface area (Å²) in [6, 6.07) is 7.30. The Morgan fingerprint density at radius 2 is 2.00 bits per heavy atom. The van der Waals surface area contributed by atoms with Crippen molar-refractivity contribution in [2.75, 3.05) is 13.1 Å². The Morgan fingerprint density at radius 3 is 2.74 bits per heavy atom. The van der Waals surface area contributed by atoms with E-state index in [1.54, 1.807) is 32.5 Å². The molecule has 3 aromatic heterocycles. The normalized spacial score (nSPS) is 17.7. The van der Waals surface area contributed by atoms with Crippen LogP contribution in [0, 0.1) is 0 Å². The highest BCUT2D eigenvalue weighted by molar-refractivity contribution is 7.91. The Balaban J connectivity index is 1.50. The van der Waals surface area contributed by atoms with Gasteiger partial charge in [0.05, 0.1) is 6.20 Å². The van der Waals surface area contributed by atoms with Crippen molar-refractivity contribution in [1.29, 1.82) is 0 Å². The number of fused-ring (bicyclic) bond motifs is 1. The first-order chi connectivity index (χ1) is 11.1. The Hall–Kier alpha value is -1.77. The van der Waals surface area contributed by atoms with Gasteiger partial charge in [-0.25, -0.2) is 17.9 Å². The summed E-state index contributed by atoms with van der Waals surface area (Å²) < 4.78 is 28.8. The molecular weight excluding hydrogens is 332 g/mol. The fraction of sp³-hybridized carbons (Fsp3) is 0.333. The molecule has 0 amide bonds. The van der Waals surface area contributed by atoms with Gasteiger partial charge in [-0.15, -0.1) is 11.3 Å². The second kappa shape index (κ2) is 5.70. The number of hydrogen-bond donors (Lipinski definition) is 0. The molecule has 6 nitrogen and oxygen atoms in total. The van der Waals surface area contributed by atoms with Gasteiger partial charge in [0, 0.05) is 37.0 Å². The summed E-state index contributed by atoms with van der Waals surface area (Å²) in [5.74, 6) is 0.296. The van der Waals surface area contributed by atoms with Crippen LogP contribution in [0.4, 0.5) is 0 Å². The zero-order valence-electron chi connectivity index (χ0n) is 12.4. The van der Waals surface area contributed by atoms with Crippen LogP contribution in [0.15, 0.2) is 46.2 Å². The van der Waals surface area contributed by atoms with Crippen LogP contribution in [-0.2, 0) is 10.0 Å². The Kier molecular flexibility index (Phi) is 3.67. The molecule has 1 aliphatic rings. The first-order valence-corrected chi connectivity index (χ1v) is 9.80. The van der Waals surface area contributed by atoms with E-state index in [2.05, 4.69) is 10.1 Å². The third-order valence-corrected chi connectivity index (χ3v) is 7.51. The summed E-state index contributed by atoms with van der Waals surface area (Å²) in [5.41, 5.74) is 1.85. The topological polar surface area (TPSA) is 67.6 Å². The molecule has 4 rings (SSSR count). The molecule has 0 saturated carbocycles. The lowest BCUT2D eigenvalue weighted by Gasteiger charge is -2.30. The van der Waals surface area contributed by atoms with Crippen LogP contribution in [-0.4, -0.2) is 40.4 Å². The van der Waals surface area contributed by atoms with Gasteiger partial charge in [0.25, 0.3) is 10.0 Å². The van der Waals surface area contributed by atoms with Gasteiger partial charge in [0.15, 0.2) is 5.65 Å². The number of nitrogens with zero attached hydrogens (tertiary/aromatic N) is 4. The van der Waals surface area contributed by atoms with Gasteiger partial charge < -0.3 is 0 Å². The van der Waals surface area contributed by atoms with Crippen LogP contribution in [0.25, 0.3) is 5.65 Å². The number of rotatable bonds is 3. The number of piperidine rings is 1. The summed E-state index contributed by atoms with van der Waals surface area (Å²) in [5, 5.41) is 5.94. The third kappa shape index (κ3) is 2.66. The van der Waals surface area contributed by atoms with E-state index < -0.39 is 10.0 Å². The quantitative estimate of drug-likeness (QED) is 0.729. The lowest BCUT2D eigenvalue weighted by atomic mass is 9.94. The van der Waals surface area contributed by atoms with Crippen molar-refractivity contribution >= 4 is 27.0 Å². The van der Waals surface area contributed by atoms with Crippen molar-refractivity contribution in [1.82, 2.24) is 18.9 Å². The lowest BCUT2D eigenvalue weighted by Crippen LogP contribution is -2.37. The fourth-order valence-electron chi connectivity index (χ4n) is 2.98. The van der Waals surface area contributed by atoms with Crippen molar-refractivity contribution in [2.24, 2.45) is 0 Å². The monoisotopic (exact) mass is 348 g/mol. The Labute approximate surface area is 138 Å². The summed E-state index contributed by atoms with van der Waals surface area (Å²) in [6.07, 6.45) is 5.22. The van der Waals surface area contributed by atoms with Crippen LogP contribution in [0.5, 0.6) is 0 Å². The van der Waals surface area contributed by atoms with Gasteiger partial charge >= 0.3 is 0 Å². The molecule has 0 spiro atoms. The van der Waals surface area contributed by atoms with E-state index in [0.29, 0.717) is 23.2 Å². The van der Waals surface area contributed by atoms with Crippen LogP contribution in [0.3, 0.4) is 0 Å². The number of sulfonamides is 1. The smallest absolute Gasteiger partial charge is 0.233 e. The van der Waals surface area contributed by atoms with E-state index in [-0.39, 0.29) is 0 Å². The molecule has 0 N–H and O–H groups in total. The van der Waals surface area contributed by atoms with E-state index in [1.165, 1.54) is 11.3 Å². The molecule has 0 aromatic carbocycles. The number of thiophene rings is 1. The second-order valence-corrected chi connectivity index (χ2v) is 8.71. The molecule has 0 bridgehead atoms. The van der Waals surface area contributed by atoms with E-state index >= 15 is 0 Å². The maximum Gasteiger partial charge on any atom is 0.252 e. The van der Waals surface area contributed by atoms with Crippen molar-refractivity contribution in [2.45, 2.75) is 23.0 Å². The minimum absolute atomic E-state index is 0.296. The maximum atomic E-state index is 12.5. The summed E-state index contributed by atoms with van der Waals surface area (Å²) in [4.78, 5) is 4.63. The highest BCUT2D eigenvalue weighted by Crippen LogP contribution is 2.30. The lowest BCUT2D eigenvalue weighted by molar-refractivity contribution is 0.317. The molecule has 23 heavy (non-hydrogen) atoms. The molecule has 4 heterocycles. The van der Waals surface area contributed by atoms with E-state index in [9.17, 15) is 8.42 Å². The van der Waals surface area contributed by atoms with Gasteiger partial charge in [-0.2, -0.15) is 9.40 Å². The summed E-state index contributed by atoms with van der Waals surface area (Å²) in [7, 11) is -3.33. The predicted octanol–water partition coefficient (Wildman–Crippen LogP) is 2.36. The van der Waals surface area contributed by atoms with Gasteiger partial charge in [-0.3, -0.25) is 0 Å². The van der Waals surface area contributed by atoms with Crippen LogP contribution < -0.4 is 0 Å². The standard InChI is InChI=1S/C15H16N4O2S2/c20-23(21,15-2-1-11-22-15)18-8-4-12(5-9-18)13-6-10-19-14(17-13)3-7-16-19/h1-3,6-7,10-12H,4-5,8-9H2. The van der Waals surface area contributed by atoms with Crippen molar-refractivity contribution in [3.8, 4) is 0 Å². The zero-order valence-corrected chi connectivity index (χ0v) is 14.0. The van der Waals surface area contributed by atoms with Crippen molar-refractivity contribution in [3.63, 3.8) is 0 Å². The van der Waals surface area contributed by atoms with Crippen LogP contribution >= 0.6 is 11.3 Å². The Bertz CT molecular complexity index is 910. The van der Waals surface area contributed by atoms with E-state index in [1.807, 2.05) is 18.3 Å². The first-order valence-electron chi connectivity index (χ1n) is 7.48. The summed E-state index contributed by atoms with van der Waals surface area (Å²) in [6.45, 7) is 1.08. The van der Waals surface area contributed by atoms with E-state index in [4.69, 9.17) is 0 Å². The van der Waals surface area contributed by atoms with Crippen LogP contribution in [0.2, 0.25) is 0 Å². The molecule has 0 aliphatic carbocycles. The number of aromatic nitrogens is 3.